The van der Waals surface area contributed by atoms with E-state index in [9.17, 15) is 13.2 Å². The van der Waals surface area contributed by atoms with Gasteiger partial charge in [-0.15, -0.1) is 0 Å². The molecule has 1 aromatic heterocycles. The molecule has 0 aliphatic carbocycles. The summed E-state index contributed by atoms with van der Waals surface area (Å²) in [6.45, 7) is 1.86. The Morgan fingerprint density at radius 3 is 2.50 bits per heavy atom. The summed E-state index contributed by atoms with van der Waals surface area (Å²) in [7, 11) is 3.44. The van der Waals surface area contributed by atoms with Gasteiger partial charge in [0, 0.05) is 30.8 Å². The molecule has 0 fully saturated rings. The van der Waals surface area contributed by atoms with E-state index < -0.39 is 23.5 Å². The van der Waals surface area contributed by atoms with Crippen molar-refractivity contribution in [3.8, 4) is 0 Å². The maximum absolute atomic E-state index is 13.8. The lowest BCUT2D eigenvalue weighted by atomic mass is 10.0. The molecule has 0 amide bonds. The minimum Gasteiger partial charge on any atom is -0.313 e. The van der Waals surface area contributed by atoms with Crippen LogP contribution in [0.25, 0.3) is 0 Å². The highest BCUT2D eigenvalue weighted by molar-refractivity contribution is 5.25. The van der Waals surface area contributed by atoms with Crippen LogP contribution in [0.3, 0.4) is 0 Å². The van der Waals surface area contributed by atoms with Crippen LogP contribution < -0.4 is 5.32 Å². The van der Waals surface area contributed by atoms with Crippen LogP contribution in [0.5, 0.6) is 0 Å². The molecular formula is C14H16F3N3. The van der Waals surface area contributed by atoms with E-state index in [1.54, 1.807) is 18.8 Å². The van der Waals surface area contributed by atoms with Crippen molar-refractivity contribution in [3.63, 3.8) is 0 Å². The van der Waals surface area contributed by atoms with Crippen LogP contribution in [0, 0.1) is 24.4 Å². The highest BCUT2D eigenvalue weighted by Crippen LogP contribution is 2.24. The van der Waals surface area contributed by atoms with E-state index in [0.29, 0.717) is 6.42 Å². The Morgan fingerprint density at radius 2 is 1.95 bits per heavy atom. The summed E-state index contributed by atoms with van der Waals surface area (Å²) in [5.74, 6) is -3.77. The van der Waals surface area contributed by atoms with Gasteiger partial charge in [-0.25, -0.2) is 13.2 Å². The maximum atomic E-state index is 13.8. The Hall–Kier alpha value is -1.82. The largest absolute Gasteiger partial charge is 0.313 e. The van der Waals surface area contributed by atoms with Crippen molar-refractivity contribution in [2.24, 2.45) is 7.05 Å². The Bertz CT molecular complexity index is 622. The molecule has 108 valence electrons. The van der Waals surface area contributed by atoms with E-state index in [-0.39, 0.29) is 5.56 Å². The van der Waals surface area contributed by atoms with E-state index in [1.807, 2.05) is 13.0 Å². The summed E-state index contributed by atoms with van der Waals surface area (Å²) in [5, 5.41) is 7.13. The molecule has 0 bridgehead atoms. The van der Waals surface area contributed by atoms with Gasteiger partial charge < -0.3 is 5.32 Å². The van der Waals surface area contributed by atoms with E-state index >= 15 is 0 Å². The molecule has 0 aliphatic heterocycles. The molecule has 1 unspecified atom stereocenters. The predicted molar refractivity (Wildman–Crippen MR) is 69.8 cm³/mol. The number of benzene rings is 1. The molecule has 0 saturated carbocycles. The summed E-state index contributed by atoms with van der Waals surface area (Å²) in [5.41, 5.74) is 1.83. The van der Waals surface area contributed by atoms with Gasteiger partial charge in [0.1, 0.15) is 0 Å². The Labute approximate surface area is 115 Å². The maximum Gasteiger partial charge on any atom is 0.194 e. The van der Waals surface area contributed by atoms with Crippen molar-refractivity contribution in [3.05, 3.63) is 52.6 Å². The van der Waals surface area contributed by atoms with Gasteiger partial charge in [0.2, 0.25) is 0 Å². The Morgan fingerprint density at radius 1 is 1.25 bits per heavy atom. The Kier molecular flexibility index (Phi) is 4.13. The van der Waals surface area contributed by atoms with Crippen LogP contribution in [0.15, 0.2) is 18.2 Å². The second-order valence-corrected chi connectivity index (χ2v) is 4.71. The van der Waals surface area contributed by atoms with Gasteiger partial charge >= 0.3 is 0 Å². The number of aryl methyl sites for hydroxylation is 2. The molecule has 0 radical (unpaired) electrons. The fourth-order valence-electron chi connectivity index (χ4n) is 2.24. The van der Waals surface area contributed by atoms with Crippen LogP contribution in [0.2, 0.25) is 0 Å². The van der Waals surface area contributed by atoms with Gasteiger partial charge in [-0.3, -0.25) is 4.68 Å². The van der Waals surface area contributed by atoms with Crippen LogP contribution in [-0.4, -0.2) is 16.8 Å². The van der Waals surface area contributed by atoms with Crippen molar-refractivity contribution in [2.45, 2.75) is 19.4 Å². The van der Waals surface area contributed by atoms with Crippen LogP contribution in [-0.2, 0) is 13.5 Å². The monoisotopic (exact) mass is 283 g/mol. The molecule has 0 aliphatic rings. The molecule has 0 spiro atoms. The highest BCUT2D eigenvalue weighted by atomic mass is 19.2. The number of halogens is 3. The quantitative estimate of drug-likeness (QED) is 0.874. The van der Waals surface area contributed by atoms with Gasteiger partial charge in [-0.05, 0) is 26.1 Å². The fraction of sp³-hybridized carbons (Fsp3) is 0.357. The van der Waals surface area contributed by atoms with E-state index in [2.05, 4.69) is 10.4 Å². The average molecular weight is 283 g/mol. The van der Waals surface area contributed by atoms with Crippen molar-refractivity contribution in [1.82, 2.24) is 15.1 Å². The molecule has 1 heterocycles. The smallest absolute Gasteiger partial charge is 0.194 e. The standard InChI is InChI=1S/C14H16F3N3/c1-8-6-9(20(3)19-8)7-12(18-2)10-4-5-11(15)14(17)13(10)16/h4-6,12,18H,7H2,1-3H3. The molecule has 3 nitrogen and oxygen atoms in total. The average Bonchev–Trinajstić information content (AvgIpc) is 2.72. The van der Waals surface area contributed by atoms with Crippen LogP contribution >= 0.6 is 0 Å². The summed E-state index contributed by atoms with van der Waals surface area (Å²) in [6, 6.07) is 3.62. The van der Waals surface area contributed by atoms with Gasteiger partial charge in [-0.2, -0.15) is 5.10 Å². The zero-order chi connectivity index (χ0) is 14.9. The summed E-state index contributed by atoms with van der Waals surface area (Å²) in [4.78, 5) is 0. The molecule has 2 rings (SSSR count). The summed E-state index contributed by atoms with van der Waals surface area (Å²) < 4.78 is 41.8. The molecular weight excluding hydrogens is 267 g/mol. The molecule has 2 aromatic rings. The number of rotatable bonds is 4. The van der Waals surface area contributed by atoms with Crippen LogP contribution in [0.1, 0.15) is 23.0 Å². The van der Waals surface area contributed by atoms with E-state index in [1.165, 1.54) is 6.07 Å². The third-order valence-corrected chi connectivity index (χ3v) is 3.30. The first-order valence-corrected chi connectivity index (χ1v) is 6.24. The molecule has 20 heavy (non-hydrogen) atoms. The predicted octanol–water partition coefficient (Wildman–Crippen LogP) is 2.65. The van der Waals surface area contributed by atoms with Gasteiger partial charge in [0.25, 0.3) is 0 Å². The number of hydrogen-bond donors (Lipinski definition) is 1. The SMILES string of the molecule is CNC(Cc1cc(C)nn1C)c1ccc(F)c(F)c1F. The first kappa shape index (κ1) is 14.6. The molecule has 0 saturated heterocycles. The number of nitrogens with zero attached hydrogens (tertiary/aromatic N) is 2. The second-order valence-electron chi connectivity index (χ2n) is 4.71. The van der Waals surface area contributed by atoms with E-state index in [0.717, 1.165) is 17.5 Å². The second kappa shape index (κ2) is 5.66. The lowest BCUT2D eigenvalue weighted by Gasteiger charge is -2.17. The Balaban J connectivity index is 2.34. The van der Waals surface area contributed by atoms with Gasteiger partial charge in [0.05, 0.1) is 5.69 Å². The molecule has 1 N–H and O–H groups in total. The normalized spacial score (nSPS) is 12.7. The topological polar surface area (TPSA) is 29.9 Å². The molecule has 6 heteroatoms. The lowest BCUT2D eigenvalue weighted by Crippen LogP contribution is -2.22. The fourth-order valence-corrected chi connectivity index (χ4v) is 2.24. The number of likely N-dealkylation sites (N-methyl/N-ethyl adjacent to an activating group) is 1. The van der Waals surface area contributed by atoms with Crippen molar-refractivity contribution in [2.75, 3.05) is 7.05 Å². The third-order valence-electron chi connectivity index (χ3n) is 3.30. The van der Waals surface area contributed by atoms with Crippen molar-refractivity contribution in [1.29, 1.82) is 0 Å². The van der Waals surface area contributed by atoms with Gasteiger partial charge in [-0.1, -0.05) is 6.07 Å². The van der Waals surface area contributed by atoms with Gasteiger partial charge in [0.15, 0.2) is 17.5 Å². The first-order chi connectivity index (χ1) is 9.43. The third kappa shape index (κ3) is 2.70. The van der Waals surface area contributed by atoms with Crippen molar-refractivity contribution < 1.29 is 13.2 Å². The number of nitrogens with one attached hydrogen (secondary N) is 1. The van der Waals surface area contributed by atoms with E-state index in [4.69, 9.17) is 0 Å². The zero-order valence-electron chi connectivity index (χ0n) is 11.5. The number of hydrogen-bond acceptors (Lipinski definition) is 2. The number of aromatic nitrogens is 2. The minimum atomic E-state index is -1.44. The highest BCUT2D eigenvalue weighted by Gasteiger charge is 2.21. The van der Waals surface area contributed by atoms with Crippen LogP contribution in [0.4, 0.5) is 13.2 Å². The summed E-state index contributed by atoms with van der Waals surface area (Å²) >= 11 is 0. The molecule has 1 atom stereocenters. The van der Waals surface area contributed by atoms with Crippen molar-refractivity contribution >= 4 is 0 Å². The lowest BCUT2D eigenvalue weighted by molar-refractivity contribution is 0.427. The molecule has 1 aromatic carbocycles. The summed E-state index contributed by atoms with van der Waals surface area (Å²) in [6.07, 6.45) is 0.426. The zero-order valence-corrected chi connectivity index (χ0v) is 11.5. The minimum absolute atomic E-state index is 0.102. The first-order valence-electron chi connectivity index (χ1n) is 6.24.